The molecule has 1 atom stereocenters. The molecule has 1 unspecified atom stereocenters. The number of carbonyl (C=O) groups is 2. The van der Waals surface area contributed by atoms with Gasteiger partial charge in [0.15, 0.2) is 0 Å². The van der Waals surface area contributed by atoms with Crippen LogP contribution in [0.2, 0.25) is 0 Å². The highest BCUT2D eigenvalue weighted by atomic mass is 16.6. The van der Waals surface area contributed by atoms with E-state index in [4.69, 9.17) is 9.84 Å². The van der Waals surface area contributed by atoms with Crippen LogP contribution in [0.5, 0.6) is 0 Å². The number of hydrogen-bond donors (Lipinski definition) is 4. The van der Waals surface area contributed by atoms with E-state index in [1.807, 2.05) is 24.3 Å². The van der Waals surface area contributed by atoms with Gasteiger partial charge in [0.1, 0.15) is 6.61 Å². The van der Waals surface area contributed by atoms with Gasteiger partial charge < -0.3 is 20.1 Å². The van der Waals surface area contributed by atoms with Gasteiger partial charge in [-0.1, -0.05) is 18.2 Å². The first kappa shape index (κ1) is 21.9. The van der Waals surface area contributed by atoms with Crippen LogP contribution >= 0.6 is 0 Å². The van der Waals surface area contributed by atoms with Gasteiger partial charge in [-0.3, -0.25) is 20.4 Å². The Balaban J connectivity index is 1.46. The molecule has 2 aliphatic rings. The predicted octanol–water partition coefficient (Wildman–Crippen LogP) is 2.72. The van der Waals surface area contributed by atoms with Gasteiger partial charge in [0, 0.05) is 36.3 Å². The van der Waals surface area contributed by atoms with Crippen LogP contribution in [-0.4, -0.2) is 54.1 Å². The Morgan fingerprint density at radius 2 is 1.94 bits per heavy atom. The maximum Gasteiger partial charge on any atom is 0.414 e. The highest BCUT2D eigenvalue weighted by Gasteiger charge is 2.34. The number of para-hydroxylation sites is 1. The summed E-state index contributed by atoms with van der Waals surface area (Å²) >= 11 is 0. The molecule has 2 aromatic carbocycles. The van der Waals surface area contributed by atoms with Crippen LogP contribution in [0, 0.1) is 0 Å². The van der Waals surface area contributed by atoms with Gasteiger partial charge in [0.05, 0.1) is 23.7 Å². The Hall–Kier alpha value is -3.30. The number of aliphatic hydroxyl groups is 1. The minimum absolute atomic E-state index is 0.0238. The smallest absolute Gasteiger partial charge is 0.414 e. The molecule has 0 aliphatic carbocycles. The van der Waals surface area contributed by atoms with E-state index >= 15 is 0 Å². The van der Waals surface area contributed by atoms with Gasteiger partial charge in [-0.25, -0.2) is 4.79 Å². The Labute approximate surface area is 186 Å². The summed E-state index contributed by atoms with van der Waals surface area (Å²) in [6.07, 6.45) is 1.17. The predicted molar refractivity (Wildman–Crippen MR) is 120 cm³/mol. The lowest BCUT2D eigenvalue weighted by molar-refractivity contribution is 0.0922. The van der Waals surface area contributed by atoms with E-state index in [1.54, 1.807) is 30.0 Å². The van der Waals surface area contributed by atoms with Crippen molar-refractivity contribution in [3.05, 3.63) is 53.6 Å². The zero-order valence-corrected chi connectivity index (χ0v) is 18.0. The average molecular weight is 441 g/mol. The number of anilines is 3. The van der Waals surface area contributed by atoms with Crippen molar-refractivity contribution in [1.82, 2.24) is 5.32 Å². The minimum atomic E-state index is -0.363. The fourth-order valence-electron chi connectivity index (χ4n) is 4.28. The van der Waals surface area contributed by atoms with E-state index in [2.05, 4.69) is 15.7 Å². The van der Waals surface area contributed by atoms with E-state index in [-0.39, 0.29) is 30.7 Å². The van der Waals surface area contributed by atoms with Crippen molar-refractivity contribution in [2.45, 2.75) is 38.5 Å². The second-order valence-corrected chi connectivity index (χ2v) is 8.17. The fraction of sp³-hybridized carbons (Fsp3) is 0.391. The quantitative estimate of drug-likeness (QED) is 0.511. The Morgan fingerprint density at radius 1 is 1.19 bits per heavy atom. The van der Waals surface area contributed by atoms with Crippen LogP contribution in [0.25, 0.3) is 0 Å². The molecule has 0 radical (unpaired) electrons. The Kier molecular flexibility index (Phi) is 6.48. The van der Waals surface area contributed by atoms with E-state index in [1.165, 1.54) is 0 Å². The lowest BCUT2D eigenvalue weighted by atomic mass is 9.99. The molecule has 1 saturated heterocycles. The average Bonchev–Trinajstić information content (AvgIpc) is 2.83. The molecule has 0 aromatic heterocycles. The standard InChI is InChI=1S/C23H28N4O5/c1-15(13-28)24-22(29)16-6-7-21(19(12-16)25-31)26-10-8-18(9-11-26)27-20-5-3-2-4-17(20)14-32-23(27)30/h2-7,12,15,18,25,28,31H,8-11,13-14H2,1H3,(H,24,29). The topological polar surface area (TPSA) is 114 Å². The Bertz CT molecular complexity index is 990. The van der Waals surface area contributed by atoms with Gasteiger partial charge in [0.2, 0.25) is 0 Å². The number of rotatable bonds is 6. The fourth-order valence-corrected chi connectivity index (χ4v) is 4.28. The molecule has 32 heavy (non-hydrogen) atoms. The van der Waals surface area contributed by atoms with Gasteiger partial charge in [-0.05, 0) is 44.0 Å². The number of aliphatic hydroxyl groups excluding tert-OH is 1. The van der Waals surface area contributed by atoms with Crippen molar-refractivity contribution in [3.63, 3.8) is 0 Å². The molecule has 0 saturated carbocycles. The van der Waals surface area contributed by atoms with Crippen LogP contribution in [0.3, 0.4) is 0 Å². The summed E-state index contributed by atoms with van der Waals surface area (Å²) in [4.78, 5) is 28.7. The molecule has 9 nitrogen and oxygen atoms in total. The molecule has 0 bridgehead atoms. The third-order valence-electron chi connectivity index (χ3n) is 6.00. The molecule has 4 N–H and O–H groups in total. The van der Waals surface area contributed by atoms with Crippen LogP contribution < -0.4 is 20.6 Å². The van der Waals surface area contributed by atoms with Gasteiger partial charge >= 0.3 is 6.09 Å². The van der Waals surface area contributed by atoms with E-state index in [9.17, 15) is 14.8 Å². The van der Waals surface area contributed by atoms with Crippen LogP contribution in [0.15, 0.2) is 42.5 Å². The number of fused-ring (bicyclic) bond motifs is 1. The summed E-state index contributed by atoms with van der Waals surface area (Å²) in [6.45, 7) is 3.21. The van der Waals surface area contributed by atoms with Crippen molar-refractivity contribution in [2.24, 2.45) is 0 Å². The number of benzene rings is 2. The summed E-state index contributed by atoms with van der Waals surface area (Å²) in [5.74, 6) is -0.324. The minimum Gasteiger partial charge on any atom is -0.444 e. The maximum absolute atomic E-state index is 12.5. The molecule has 2 aromatic rings. The highest BCUT2D eigenvalue weighted by molar-refractivity contribution is 5.96. The molecule has 2 aliphatic heterocycles. The zero-order chi connectivity index (χ0) is 22.7. The van der Waals surface area contributed by atoms with Crippen molar-refractivity contribution in [3.8, 4) is 0 Å². The van der Waals surface area contributed by atoms with Gasteiger partial charge in [-0.15, -0.1) is 0 Å². The van der Waals surface area contributed by atoms with Crippen molar-refractivity contribution in [2.75, 3.05) is 35.0 Å². The summed E-state index contributed by atoms with van der Waals surface area (Å²) in [7, 11) is 0. The first-order chi connectivity index (χ1) is 15.5. The normalized spacial score (nSPS) is 17.4. The van der Waals surface area contributed by atoms with Crippen LogP contribution in [0.1, 0.15) is 35.7 Å². The summed E-state index contributed by atoms with van der Waals surface area (Å²) in [5, 5.41) is 21.5. The molecule has 170 valence electrons. The third kappa shape index (κ3) is 4.35. The number of ether oxygens (including phenoxy) is 1. The summed E-state index contributed by atoms with van der Waals surface area (Å²) < 4.78 is 5.37. The number of piperidine rings is 1. The molecule has 2 amide bonds. The van der Waals surface area contributed by atoms with E-state index in [0.717, 1.165) is 29.8 Å². The molecule has 9 heteroatoms. The lowest BCUT2D eigenvalue weighted by Crippen LogP contribution is -2.49. The monoisotopic (exact) mass is 440 g/mol. The SMILES string of the molecule is CC(CO)NC(=O)c1ccc(N2CCC(N3C(=O)OCc4ccccc43)CC2)c(NO)c1. The second-order valence-electron chi connectivity index (χ2n) is 8.17. The van der Waals surface area contributed by atoms with Gasteiger partial charge in [0.25, 0.3) is 5.91 Å². The molecule has 2 heterocycles. The summed E-state index contributed by atoms with van der Waals surface area (Å²) in [6, 6.07) is 12.5. The maximum atomic E-state index is 12.5. The molecular weight excluding hydrogens is 412 g/mol. The Morgan fingerprint density at radius 3 is 2.66 bits per heavy atom. The zero-order valence-electron chi connectivity index (χ0n) is 18.0. The first-order valence-electron chi connectivity index (χ1n) is 10.8. The van der Waals surface area contributed by atoms with E-state index in [0.29, 0.717) is 30.9 Å². The number of nitrogens with zero attached hydrogens (tertiary/aromatic N) is 2. The van der Waals surface area contributed by atoms with Crippen LogP contribution in [-0.2, 0) is 11.3 Å². The number of cyclic esters (lactones) is 1. The van der Waals surface area contributed by atoms with E-state index < -0.39 is 0 Å². The largest absolute Gasteiger partial charge is 0.444 e. The number of carbonyl (C=O) groups excluding carboxylic acids is 2. The molecule has 1 fully saturated rings. The third-order valence-corrected chi connectivity index (χ3v) is 6.00. The number of hydrogen-bond acceptors (Lipinski definition) is 7. The lowest BCUT2D eigenvalue weighted by Gasteiger charge is -2.41. The molecular formula is C23H28N4O5. The van der Waals surface area contributed by atoms with Gasteiger partial charge in [-0.2, -0.15) is 0 Å². The molecule has 0 spiro atoms. The van der Waals surface area contributed by atoms with Crippen molar-refractivity contribution < 1.29 is 24.6 Å². The number of nitrogens with one attached hydrogen (secondary N) is 2. The second kappa shape index (κ2) is 9.46. The van der Waals surface area contributed by atoms with Crippen molar-refractivity contribution >= 4 is 29.1 Å². The van der Waals surface area contributed by atoms with Crippen molar-refractivity contribution in [1.29, 1.82) is 0 Å². The number of amides is 2. The van der Waals surface area contributed by atoms with Crippen LogP contribution in [0.4, 0.5) is 21.9 Å². The first-order valence-corrected chi connectivity index (χ1v) is 10.8. The summed E-state index contributed by atoms with van der Waals surface area (Å²) in [5.41, 5.74) is 5.70. The highest BCUT2D eigenvalue weighted by Crippen LogP contribution is 2.34. The molecule has 4 rings (SSSR count).